The van der Waals surface area contributed by atoms with Gasteiger partial charge in [0.25, 0.3) is 11.8 Å². The van der Waals surface area contributed by atoms with E-state index >= 15 is 0 Å². The van der Waals surface area contributed by atoms with Gasteiger partial charge in [-0.15, -0.1) is 0 Å². The highest BCUT2D eigenvalue weighted by Gasteiger charge is 2.08. The molecule has 2 N–H and O–H groups in total. The third-order valence-electron chi connectivity index (χ3n) is 3.08. The average Bonchev–Trinajstić information content (AvgIpc) is 2.55. The standard InChI is InChI=1S/C17H17ClN2O3/c1-23-10-9-19-16(21)12-5-7-15(8-6-12)20-17(22)13-3-2-4-14(18)11-13/h2-8,11H,9-10H2,1H3,(H,19,21)(H,20,22). The molecule has 2 amide bonds. The minimum absolute atomic E-state index is 0.185. The summed E-state index contributed by atoms with van der Waals surface area (Å²) in [7, 11) is 1.57. The summed E-state index contributed by atoms with van der Waals surface area (Å²) in [5, 5.41) is 5.98. The molecule has 0 heterocycles. The zero-order chi connectivity index (χ0) is 16.7. The highest BCUT2D eigenvalue weighted by atomic mass is 35.5. The fourth-order valence-corrected chi connectivity index (χ4v) is 2.10. The third kappa shape index (κ3) is 5.09. The van der Waals surface area contributed by atoms with E-state index in [0.29, 0.717) is 35.0 Å². The lowest BCUT2D eigenvalue weighted by atomic mass is 10.1. The zero-order valence-electron chi connectivity index (χ0n) is 12.6. The summed E-state index contributed by atoms with van der Waals surface area (Å²) in [6.07, 6.45) is 0. The quantitative estimate of drug-likeness (QED) is 0.799. The number of carbonyl (C=O) groups is 2. The van der Waals surface area contributed by atoms with Crippen molar-refractivity contribution < 1.29 is 14.3 Å². The number of hydrogen-bond donors (Lipinski definition) is 2. The monoisotopic (exact) mass is 332 g/mol. The molecule has 0 unspecified atom stereocenters. The van der Waals surface area contributed by atoms with E-state index in [4.69, 9.17) is 16.3 Å². The van der Waals surface area contributed by atoms with Crippen molar-refractivity contribution in [1.82, 2.24) is 5.32 Å². The van der Waals surface area contributed by atoms with Crippen molar-refractivity contribution in [1.29, 1.82) is 0 Å². The second-order valence-electron chi connectivity index (χ2n) is 4.79. The molecule has 0 fully saturated rings. The molecule has 0 radical (unpaired) electrons. The van der Waals surface area contributed by atoms with E-state index in [9.17, 15) is 9.59 Å². The summed E-state index contributed by atoms with van der Waals surface area (Å²) >= 11 is 5.87. The zero-order valence-corrected chi connectivity index (χ0v) is 13.4. The van der Waals surface area contributed by atoms with Crippen LogP contribution in [0.5, 0.6) is 0 Å². The number of ether oxygens (including phenoxy) is 1. The van der Waals surface area contributed by atoms with Crippen LogP contribution in [0, 0.1) is 0 Å². The Hall–Kier alpha value is -2.37. The first-order chi connectivity index (χ1) is 11.1. The summed E-state index contributed by atoms with van der Waals surface area (Å²) < 4.78 is 4.87. The molecule has 6 heteroatoms. The number of benzene rings is 2. The molecule has 0 atom stereocenters. The molecule has 120 valence electrons. The fourth-order valence-electron chi connectivity index (χ4n) is 1.91. The van der Waals surface area contributed by atoms with Gasteiger partial charge in [-0.25, -0.2) is 0 Å². The van der Waals surface area contributed by atoms with Gasteiger partial charge in [-0.05, 0) is 42.5 Å². The molecule has 5 nitrogen and oxygen atoms in total. The molecule has 0 bridgehead atoms. The van der Waals surface area contributed by atoms with Gasteiger partial charge < -0.3 is 15.4 Å². The number of methoxy groups -OCH3 is 1. The van der Waals surface area contributed by atoms with E-state index in [-0.39, 0.29) is 11.8 Å². The maximum Gasteiger partial charge on any atom is 0.255 e. The largest absolute Gasteiger partial charge is 0.383 e. The summed E-state index contributed by atoms with van der Waals surface area (Å²) in [6, 6.07) is 13.3. The molecule has 0 saturated heterocycles. The number of amides is 2. The van der Waals surface area contributed by atoms with Crippen LogP contribution in [-0.2, 0) is 4.74 Å². The lowest BCUT2D eigenvalue weighted by Gasteiger charge is -2.07. The van der Waals surface area contributed by atoms with E-state index in [1.54, 1.807) is 55.6 Å². The molecule has 2 rings (SSSR count). The molecule has 0 aliphatic heterocycles. The van der Waals surface area contributed by atoms with E-state index in [0.717, 1.165) is 0 Å². The Morgan fingerprint density at radius 2 is 1.78 bits per heavy atom. The van der Waals surface area contributed by atoms with Gasteiger partial charge in [0.15, 0.2) is 0 Å². The lowest BCUT2D eigenvalue weighted by Crippen LogP contribution is -2.26. The number of nitrogens with one attached hydrogen (secondary N) is 2. The summed E-state index contributed by atoms with van der Waals surface area (Å²) in [4.78, 5) is 23.9. The fraction of sp³-hybridized carbons (Fsp3) is 0.176. The highest BCUT2D eigenvalue weighted by Crippen LogP contribution is 2.14. The molecule has 23 heavy (non-hydrogen) atoms. The maximum atomic E-state index is 12.1. The van der Waals surface area contributed by atoms with Gasteiger partial charge in [-0.2, -0.15) is 0 Å². The molecule has 0 aromatic heterocycles. The predicted molar refractivity (Wildman–Crippen MR) is 90.1 cm³/mol. The van der Waals surface area contributed by atoms with E-state index < -0.39 is 0 Å². The SMILES string of the molecule is COCCNC(=O)c1ccc(NC(=O)c2cccc(Cl)c2)cc1. The minimum Gasteiger partial charge on any atom is -0.383 e. The van der Waals surface area contributed by atoms with Gasteiger partial charge in [0, 0.05) is 35.5 Å². The number of anilines is 1. The van der Waals surface area contributed by atoms with Gasteiger partial charge in [-0.1, -0.05) is 17.7 Å². The van der Waals surface area contributed by atoms with Crippen LogP contribution < -0.4 is 10.6 Å². The van der Waals surface area contributed by atoms with Crippen LogP contribution in [0.2, 0.25) is 5.02 Å². The first-order valence-corrected chi connectivity index (χ1v) is 7.42. The van der Waals surface area contributed by atoms with Crippen molar-refractivity contribution in [2.45, 2.75) is 0 Å². The summed E-state index contributed by atoms with van der Waals surface area (Å²) in [6.45, 7) is 0.905. The summed E-state index contributed by atoms with van der Waals surface area (Å²) in [5.41, 5.74) is 1.59. The molecular weight excluding hydrogens is 316 g/mol. The Morgan fingerprint density at radius 1 is 1.04 bits per heavy atom. The highest BCUT2D eigenvalue weighted by molar-refractivity contribution is 6.31. The van der Waals surface area contributed by atoms with Crippen LogP contribution in [0.1, 0.15) is 20.7 Å². The average molecular weight is 333 g/mol. The maximum absolute atomic E-state index is 12.1. The Kier molecular flexibility index (Phi) is 6.14. The Bertz CT molecular complexity index is 686. The van der Waals surface area contributed by atoms with E-state index in [1.807, 2.05) is 0 Å². The van der Waals surface area contributed by atoms with Crippen molar-refractivity contribution in [3.8, 4) is 0 Å². The third-order valence-corrected chi connectivity index (χ3v) is 3.32. The number of carbonyl (C=O) groups excluding carboxylic acids is 2. The Balaban J connectivity index is 1.97. The van der Waals surface area contributed by atoms with Crippen LogP contribution in [0.4, 0.5) is 5.69 Å². The molecule has 0 saturated carbocycles. The number of rotatable bonds is 6. The second-order valence-corrected chi connectivity index (χ2v) is 5.23. The number of halogens is 1. The molecule has 0 aliphatic carbocycles. The second kappa shape index (κ2) is 8.31. The van der Waals surface area contributed by atoms with Gasteiger partial charge in [0.2, 0.25) is 0 Å². The van der Waals surface area contributed by atoms with Crippen LogP contribution in [0.15, 0.2) is 48.5 Å². The van der Waals surface area contributed by atoms with Crippen LogP contribution >= 0.6 is 11.6 Å². The first kappa shape index (κ1) is 17.0. The van der Waals surface area contributed by atoms with Gasteiger partial charge in [0.05, 0.1) is 6.61 Å². The van der Waals surface area contributed by atoms with E-state index in [1.165, 1.54) is 0 Å². The summed E-state index contributed by atoms with van der Waals surface area (Å²) in [5.74, 6) is -0.445. The minimum atomic E-state index is -0.259. The molecule has 0 aliphatic rings. The van der Waals surface area contributed by atoms with Gasteiger partial charge in [0.1, 0.15) is 0 Å². The predicted octanol–water partition coefficient (Wildman–Crippen LogP) is 2.97. The lowest BCUT2D eigenvalue weighted by molar-refractivity contribution is 0.0936. The van der Waals surface area contributed by atoms with Crippen molar-refractivity contribution in [3.63, 3.8) is 0 Å². The Labute approximate surface area is 139 Å². The van der Waals surface area contributed by atoms with Crippen LogP contribution in [0.25, 0.3) is 0 Å². The van der Waals surface area contributed by atoms with Crippen LogP contribution in [-0.4, -0.2) is 32.1 Å². The smallest absolute Gasteiger partial charge is 0.255 e. The Morgan fingerprint density at radius 3 is 2.43 bits per heavy atom. The number of hydrogen-bond acceptors (Lipinski definition) is 3. The van der Waals surface area contributed by atoms with Crippen molar-refractivity contribution in [2.24, 2.45) is 0 Å². The van der Waals surface area contributed by atoms with E-state index in [2.05, 4.69) is 10.6 Å². The molecular formula is C17H17ClN2O3. The van der Waals surface area contributed by atoms with Crippen molar-refractivity contribution in [2.75, 3.05) is 25.6 Å². The van der Waals surface area contributed by atoms with Crippen molar-refractivity contribution >= 4 is 29.1 Å². The molecule has 2 aromatic carbocycles. The van der Waals surface area contributed by atoms with Gasteiger partial charge in [-0.3, -0.25) is 9.59 Å². The topological polar surface area (TPSA) is 67.4 Å². The normalized spacial score (nSPS) is 10.2. The molecule has 0 spiro atoms. The molecule has 2 aromatic rings. The van der Waals surface area contributed by atoms with Crippen molar-refractivity contribution in [3.05, 3.63) is 64.7 Å². The van der Waals surface area contributed by atoms with Gasteiger partial charge >= 0.3 is 0 Å². The first-order valence-electron chi connectivity index (χ1n) is 7.04. The van der Waals surface area contributed by atoms with Crippen LogP contribution in [0.3, 0.4) is 0 Å².